The van der Waals surface area contributed by atoms with E-state index in [4.69, 9.17) is 9.84 Å². The number of nitrogens with zero attached hydrogens (tertiary/aromatic N) is 6. The first kappa shape index (κ1) is 23.3. The number of nitrogens with one attached hydrogen (secondary N) is 1. The molecule has 0 radical (unpaired) electrons. The van der Waals surface area contributed by atoms with Gasteiger partial charge in [0.05, 0.1) is 17.8 Å². The fourth-order valence-corrected chi connectivity index (χ4v) is 4.83. The van der Waals surface area contributed by atoms with Gasteiger partial charge in [0, 0.05) is 61.7 Å². The Morgan fingerprint density at radius 2 is 1.91 bits per heavy atom. The Morgan fingerprint density at radius 3 is 2.63 bits per heavy atom. The highest BCUT2D eigenvalue weighted by atomic mass is 19.1. The van der Waals surface area contributed by atoms with Gasteiger partial charge in [-0.15, -0.1) is 0 Å². The van der Waals surface area contributed by atoms with Gasteiger partial charge in [0.2, 0.25) is 0 Å². The molecule has 0 spiro atoms. The third-order valence-electron chi connectivity index (χ3n) is 6.54. The molecule has 0 aliphatic heterocycles. The Bertz CT molecular complexity index is 1320. The summed E-state index contributed by atoms with van der Waals surface area (Å²) >= 11 is 0. The van der Waals surface area contributed by atoms with Crippen LogP contribution in [0.25, 0.3) is 22.2 Å². The zero-order valence-electron chi connectivity index (χ0n) is 20.7. The van der Waals surface area contributed by atoms with Gasteiger partial charge in [-0.1, -0.05) is 0 Å². The number of aromatic nitrogens is 5. The van der Waals surface area contributed by atoms with Crippen LogP contribution in [0, 0.1) is 5.82 Å². The molecule has 3 heterocycles. The van der Waals surface area contributed by atoms with Crippen molar-refractivity contribution in [3.05, 3.63) is 54.2 Å². The van der Waals surface area contributed by atoms with Crippen molar-refractivity contribution in [3.8, 4) is 17.0 Å². The van der Waals surface area contributed by atoms with Crippen LogP contribution in [0.3, 0.4) is 0 Å². The van der Waals surface area contributed by atoms with Crippen molar-refractivity contribution in [3.63, 3.8) is 0 Å². The summed E-state index contributed by atoms with van der Waals surface area (Å²) in [6.07, 6.45) is 9.66. The highest BCUT2D eigenvalue weighted by Gasteiger charge is 2.24. The van der Waals surface area contributed by atoms with Gasteiger partial charge < -0.3 is 15.0 Å². The van der Waals surface area contributed by atoms with Gasteiger partial charge in [-0.25, -0.2) is 9.37 Å². The minimum absolute atomic E-state index is 0.133. The fourth-order valence-electron chi connectivity index (χ4n) is 4.83. The maximum absolute atomic E-state index is 13.7. The number of ether oxygens (including phenoxy) is 1. The number of rotatable bonds is 7. The SMILES string of the molecule is CN(C)Cc1cc(F)ccc1OC1CCC(Nc2cc3c(cn2)c(-c2cnn(C)c2)nn3C)CC1. The zero-order valence-corrected chi connectivity index (χ0v) is 20.7. The number of halogens is 1. The summed E-state index contributed by atoms with van der Waals surface area (Å²) in [5.74, 6) is 1.41. The number of pyridine rings is 1. The summed E-state index contributed by atoms with van der Waals surface area (Å²) in [6.45, 7) is 0.647. The summed E-state index contributed by atoms with van der Waals surface area (Å²) in [5.41, 5.74) is 3.79. The molecule has 1 fully saturated rings. The summed E-state index contributed by atoms with van der Waals surface area (Å²) in [5, 5.41) is 13.6. The Hall–Kier alpha value is -3.46. The second-order valence-electron chi connectivity index (χ2n) is 9.69. The van der Waals surface area contributed by atoms with Gasteiger partial charge in [0.15, 0.2) is 0 Å². The molecule has 4 aromatic rings. The fraction of sp³-hybridized carbons (Fsp3) is 0.423. The van der Waals surface area contributed by atoms with Crippen LogP contribution in [-0.4, -0.2) is 55.7 Å². The van der Waals surface area contributed by atoms with E-state index in [2.05, 4.69) is 21.5 Å². The average Bonchev–Trinajstić information content (AvgIpc) is 3.39. The minimum Gasteiger partial charge on any atom is -0.490 e. The topological polar surface area (TPSA) is 73.0 Å². The Kier molecular flexibility index (Phi) is 6.42. The summed E-state index contributed by atoms with van der Waals surface area (Å²) in [4.78, 5) is 6.70. The van der Waals surface area contributed by atoms with Crippen LogP contribution in [0.2, 0.25) is 0 Å². The monoisotopic (exact) mass is 477 g/mol. The number of anilines is 1. The first-order valence-electron chi connectivity index (χ1n) is 12.0. The van der Waals surface area contributed by atoms with E-state index in [1.165, 1.54) is 6.07 Å². The number of benzene rings is 1. The Labute approximate surface area is 204 Å². The minimum atomic E-state index is -0.229. The highest BCUT2D eigenvalue weighted by molar-refractivity contribution is 5.93. The molecule has 5 rings (SSSR count). The van der Waals surface area contributed by atoms with Gasteiger partial charge in [0.25, 0.3) is 0 Å². The predicted molar refractivity (Wildman–Crippen MR) is 135 cm³/mol. The maximum Gasteiger partial charge on any atom is 0.128 e. The van der Waals surface area contributed by atoms with E-state index in [1.54, 1.807) is 16.8 Å². The van der Waals surface area contributed by atoms with Gasteiger partial charge >= 0.3 is 0 Å². The summed E-state index contributed by atoms with van der Waals surface area (Å²) in [6, 6.07) is 7.20. The van der Waals surface area contributed by atoms with Gasteiger partial charge in [0.1, 0.15) is 23.1 Å². The molecular formula is C26H32FN7O. The van der Waals surface area contributed by atoms with E-state index >= 15 is 0 Å². The Balaban J connectivity index is 1.22. The van der Waals surface area contributed by atoms with Crippen molar-refractivity contribution >= 4 is 16.7 Å². The molecule has 184 valence electrons. The van der Waals surface area contributed by atoms with Crippen LogP contribution in [0.4, 0.5) is 10.2 Å². The lowest BCUT2D eigenvalue weighted by Gasteiger charge is -2.30. The standard InChI is InChI=1S/C26H32FN7O/c1-32(2)15-17-11-19(27)5-10-24(17)35-21-8-6-20(7-9-21)30-25-12-23-22(14-28-25)26(31-34(23)4)18-13-29-33(3)16-18/h5,10-14,16,20-21H,6-9,15H2,1-4H3,(H,28,30). The van der Waals surface area contributed by atoms with E-state index in [-0.39, 0.29) is 11.9 Å². The lowest BCUT2D eigenvalue weighted by molar-refractivity contribution is 0.147. The van der Waals surface area contributed by atoms with Crippen molar-refractivity contribution in [1.82, 2.24) is 29.4 Å². The quantitative estimate of drug-likeness (QED) is 0.426. The molecule has 0 atom stereocenters. The molecule has 8 nitrogen and oxygen atoms in total. The van der Waals surface area contributed by atoms with Crippen LogP contribution >= 0.6 is 0 Å². The summed E-state index contributed by atoms with van der Waals surface area (Å²) in [7, 11) is 7.80. The lowest BCUT2D eigenvalue weighted by atomic mass is 9.93. The van der Waals surface area contributed by atoms with E-state index in [0.717, 1.165) is 65.0 Å². The molecule has 1 saturated carbocycles. The summed E-state index contributed by atoms with van der Waals surface area (Å²) < 4.78 is 23.7. The lowest BCUT2D eigenvalue weighted by Crippen LogP contribution is -2.31. The first-order chi connectivity index (χ1) is 16.9. The zero-order chi connectivity index (χ0) is 24.5. The van der Waals surface area contributed by atoms with Crippen LogP contribution in [0.5, 0.6) is 5.75 Å². The Morgan fingerprint density at radius 1 is 1.11 bits per heavy atom. The van der Waals surface area contributed by atoms with E-state index in [0.29, 0.717) is 12.6 Å². The largest absolute Gasteiger partial charge is 0.490 e. The first-order valence-corrected chi connectivity index (χ1v) is 12.0. The molecule has 1 N–H and O–H groups in total. The molecule has 1 aliphatic rings. The predicted octanol–water partition coefficient (Wildman–Crippen LogP) is 4.37. The maximum atomic E-state index is 13.7. The number of fused-ring (bicyclic) bond motifs is 1. The van der Waals surface area contributed by atoms with Gasteiger partial charge in [-0.05, 0) is 58.0 Å². The van der Waals surface area contributed by atoms with Crippen LogP contribution in [-0.2, 0) is 20.6 Å². The molecule has 1 aliphatic carbocycles. The van der Waals surface area contributed by atoms with Crippen molar-refractivity contribution < 1.29 is 9.13 Å². The van der Waals surface area contributed by atoms with Crippen molar-refractivity contribution in [2.45, 2.75) is 44.4 Å². The molecule has 0 bridgehead atoms. The molecule has 0 amide bonds. The molecule has 0 unspecified atom stereocenters. The van der Waals surface area contributed by atoms with Crippen LogP contribution in [0.15, 0.2) is 42.9 Å². The van der Waals surface area contributed by atoms with E-state index < -0.39 is 0 Å². The van der Waals surface area contributed by atoms with Crippen molar-refractivity contribution in [2.75, 3.05) is 19.4 Å². The smallest absolute Gasteiger partial charge is 0.128 e. The van der Waals surface area contributed by atoms with Crippen molar-refractivity contribution in [2.24, 2.45) is 14.1 Å². The third kappa shape index (κ3) is 5.14. The number of hydrogen-bond donors (Lipinski definition) is 1. The normalized spacial score (nSPS) is 18.3. The van der Waals surface area contributed by atoms with Crippen molar-refractivity contribution in [1.29, 1.82) is 0 Å². The second kappa shape index (κ2) is 9.65. The van der Waals surface area contributed by atoms with Crippen LogP contribution < -0.4 is 10.1 Å². The number of aryl methyl sites for hydroxylation is 2. The van der Waals surface area contributed by atoms with E-state index in [9.17, 15) is 4.39 Å². The molecule has 0 saturated heterocycles. The average molecular weight is 478 g/mol. The molecule has 9 heteroatoms. The van der Waals surface area contributed by atoms with Gasteiger partial charge in [-0.2, -0.15) is 10.2 Å². The van der Waals surface area contributed by atoms with Gasteiger partial charge in [-0.3, -0.25) is 9.36 Å². The highest BCUT2D eigenvalue weighted by Crippen LogP contribution is 2.31. The molecular weight excluding hydrogens is 445 g/mol. The second-order valence-corrected chi connectivity index (χ2v) is 9.69. The molecule has 35 heavy (non-hydrogen) atoms. The number of hydrogen-bond acceptors (Lipinski definition) is 6. The van der Waals surface area contributed by atoms with Crippen LogP contribution in [0.1, 0.15) is 31.2 Å². The third-order valence-corrected chi connectivity index (χ3v) is 6.54. The molecule has 3 aromatic heterocycles. The molecule has 1 aromatic carbocycles. The van der Waals surface area contributed by atoms with E-state index in [1.807, 2.05) is 56.4 Å².